The van der Waals surface area contributed by atoms with Crippen molar-refractivity contribution in [2.75, 3.05) is 14.1 Å². The molecule has 4 amide bonds. The predicted molar refractivity (Wildman–Crippen MR) is 107 cm³/mol. The highest BCUT2D eigenvalue weighted by molar-refractivity contribution is 8.07. The first-order chi connectivity index (χ1) is 12.4. The fourth-order valence-corrected chi connectivity index (χ4v) is 3.46. The number of urea groups is 1. The number of hydrogen-bond donors (Lipinski definition) is 0. The van der Waals surface area contributed by atoms with Gasteiger partial charge in [0.15, 0.2) is 0 Å². The molecule has 0 spiro atoms. The summed E-state index contributed by atoms with van der Waals surface area (Å²) in [6.07, 6.45) is 8.76. The first-order valence-electron chi connectivity index (χ1n) is 8.23. The third-order valence-electron chi connectivity index (χ3n) is 3.67. The molecule has 2 rings (SSSR count). The molecule has 0 aliphatic carbocycles. The van der Waals surface area contributed by atoms with Gasteiger partial charge < -0.3 is 0 Å². The third kappa shape index (κ3) is 3.80. The average molecular weight is 372 g/mol. The quantitative estimate of drug-likeness (QED) is 0.550. The molecule has 0 radical (unpaired) electrons. The number of barbiturate groups is 1. The summed E-state index contributed by atoms with van der Waals surface area (Å²) in [6.45, 7) is 13.5. The van der Waals surface area contributed by atoms with Crippen LogP contribution in [0.3, 0.4) is 0 Å². The van der Waals surface area contributed by atoms with Crippen molar-refractivity contribution < 1.29 is 14.4 Å². The number of allylic oxidation sites excluding steroid dienone is 7. The first kappa shape index (κ1) is 21.4. The van der Waals surface area contributed by atoms with Gasteiger partial charge >= 0.3 is 6.03 Å². The molecule has 0 N–H and O–H groups in total. The van der Waals surface area contributed by atoms with E-state index in [1.165, 1.54) is 25.9 Å². The lowest BCUT2D eigenvalue weighted by Gasteiger charge is -2.31. The zero-order chi connectivity index (χ0) is 20.0. The van der Waals surface area contributed by atoms with Gasteiger partial charge in [0, 0.05) is 29.5 Å². The maximum atomic E-state index is 12.6. The molecule has 1 fully saturated rings. The van der Waals surface area contributed by atoms with Crippen LogP contribution in [0.25, 0.3) is 0 Å². The van der Waals surface area contributed by atoms with Crippen molar-refractivity contribution in [3.05, 3.63) is 70.1 Å². The van der Waals surface area contributed by atoms with E-state index in [1.807, 2.05) is 32.9 Å². The topological polar surface area (TPSA) is 57.7 Å². The van der Waals surface area contributed by atoms with Crippen LogP contribution in [0, 0.1) is 0 Å². The summed E-state index contributed by atoms with van der Waals surface area (Å²) in [4.78, 5) is 40.6. The maximum Gasteiger partial charge on any atom is 0.333 e. The molecule has 0 aromatic rings. The molecule has 26 heavy (non-hydrogen) atoms. The molecular formula is C20H24N2O3S. The number of likely N-dealkylation sites (N-methyl/N-ethyl adjacent to an activating group) is 2. The molecule has 2 aliphatic rings. The van der Waals surface area contributed by atoms with E-state index in [2.05, 4.69) is 13.2 Å². The van der Waals surface area contributed by atoms with E-state index in [4.69, 9.17) is 0 Å². The Morgan fingerprint density at radius 3 is 1.96 bits per heavy atom. The second-order valence-corrected chi connectivity index (χ2v) is 6.25. The molecular weight excluding hydrogens is 348 g/mol. The molecule has 6 heteroatoms. The summed E-state index contributed by atoms with van der Waals surface area (Å²) in [5.74, 6) is -1.24. The zero-order valence-corrected chi connectivity index (χ0v) is 16.6. The zero-order valence-electron chi connectivity index (χ0n) is 15.8. The van der Waals surface area contributed by atoms with E-state index < -0.39 is 17.8 Å². The minimum atomic E-state index is -0.648. The van der Waals surface area contributed by atoms with Gasteiger partial charge in [-0.15, -0.1) is 0 Å². The van der Waals surface area contributed by atoms with Crippen LogP contribution in [0.4, 0.5) is 4.79 Å². The Bertz CT molecular complexity index is 759. The summed E-state index contributed by atoms with van der Waals surface area (Å²) in [5.41, 5.74) is 1.06. The number of rotatable bonds is 3. The van der Waals surface area contributed by atoms with Crippen molar-refractivity contribution in [2.45, 2.75) is 20.8 Å². The molecule has 5 nitrogen and oxygen atoms in total. The standard InChI is InChI=1S/C18H18N2O3S.C2H6/c1-6-9-11-10-13(12(7-2)14(8-3)24-11)15-16(21)19(4)18(23)20(5)17(15)22;1-2/h6-10H,2-3H2,1,4-5H3;1-2H3/b9-6+;. The number of hydrogen-bond acceptors (Lipinski definition) is 4. The Labute approximate surface area is 159 Å². The van der Waals surface area contributed by atoms with E-state index >= 15 is 0 Å². The fraction of sp³-hybridized carbons (Fsp3) is 0.250. The Morgan fingerprint density at radius 2 is 1.54 bits per heavy atom. The Balaban J connectivity index is 0.00000163. The molecule has 0 aromatic carbocycles. The third-order valence-corrected chi connectivity index (χ3v) is 4.77. The molecule has 0 saturated carbocycles. The fourth-order valence-electron chi connectivity index (χ4n) is 2.44. The lowest BCUT2D eigenvalue weighted by atomic mass is 9.95. The monoisotopic (exact) mass is 372 g/mol. The van der Waals surface area contributed by atoms with Crippen molar-refractivity contribution in [3.63, 3.8) is 0 Å². The van der Waals surface area contributed by atoms with Crippen LogP contribution in [0.2, 0.25) is 0 Å². The number of imide groups is 2. The van der Waals surface area contributed by atoms with Crippen molar-refractivity contribution in [1.29, 1.82) is 0 Å². The van der Waals surface area contributed by atoms with Gasteiger partial charge in [-0.1, -0.05) is 63.1 Å². The van der Waals surface area contributed by atoms with Crippen molar-refractivity contribution >= 4 is 29.6 Å². The SMILES string of the molecule is C=CC1=C(C=C)C(=C2C(=O)N(C)C(=O)N(C)C2=O)C=C(/C=C/C)S1.CC. The second kappa shape index (κ2) is 9.20. The molecule has 0 unspecified atom stereocenters. The smallest absolute Gasteiger partial charge is 0.268 e. The molecule has 2 heterocycles. The van der Waals surface area contributed by atoms with Crippen LogP contribution in [-0.4, -0.2) is 41.7 Å². The lowest BCUT2D eigenvalue weighted by molar-refractivity contribution is -0.134. The number of amides is 4. The minimum absolute atomic E-state index is 0.0452. The van der Waals surface area contributed by atoms with Gasteiger partial charge in [0.2, 0.25) is 0 Å². The Morgan fingerprint density at radius 1 is 1.00 bits per heavy atom. The van der Waals surface area contributed by atoms with Gasteiger partial charge in [0.05, 0.1) is 0 Å². The van der Waals surface area contributed by atoms with Gasteiger partial charge in [0.1, 0.15) is 5.57 Å². The van der Waals surface area contributed by atoms with Gasteiger partial charge in [0.25, 0.3) is 11.8 Å². The lowest BCUT2D eigenvalue weighted by Crippen LogP contribution is -2.53. The van der Waals surface area contributed by atoms with Crippen LogP contribution in [0.15, 0.2) is 70.1 Å². The van der Waals surface area contributed by atoms with Crippen LogP contribution in [0.1, 0.15) is 20.8 Å². The molecule has 138 valence electrons. The maximum absolute atomic E-state index is 12.6. The summed E-state index contributed by atoms with van der Waals surface area (Å²) < 4.78 is 0. The number of nitrogens with zero attached hydrogens (tertiary/aromatic N) is 2. The van der Waals surface area contributed by atoms with E-state index in [9.17, 15) is 14.4 Å². The Kier molecular flexibility index (Phi) is 7.58. The van der Waals surface area contributed by atoms with E-state index in [1.54, 1.807) is 18.2 Å². The largest absolute Gasteiger partial charge is 0.333 e. The van der Waals surface area contributed by atoms with E-state index in [0.29, 0.717) is 11.1 Å². The summed E-state index contributed by atoms with van der Waals surface area (Å²) >= 11 is 1.47. The van der Waals surface area contributed by atoms with Gasteiger partial charge in [-0.3, -0.25) is 19.4 Å². The van der Waals surface area contributed by atoms with Crippen molar-refractivity contribution in [2.24, 2.45) is 0 Å². The summed E-state index contributed by atoms with van der Waals surface area (Å²) in [7, 11) is 2.71. The average Bonchev–Trinajstić information content (AvgIpc) is 2.66. The van der Waals surface area contributed by atoms with E-state index in [0.717, 1.165) is 19.6 Å². The molecule has 0 atom stereocenters. The summed E-state index contributed by atoms with van der Waals surface area (Å²) in [5, 5.41) is 0. The molecule has 1 saturated heterocycles. The van der Waals surface area contributed by atoms with Crippen LogP contribution < -0.4 is 0 Å². The normalized spacial score (nSPS) is 18.2. The van der Waals surface area contributed by atoms with Crippen molar-refractivity contribution in [1.82, 2.24) is 9.80 Å². The molecule has 0 bridgehead atoms. The van der Waals surface area contributed by atoms with Gasteiger partial charge in [-0.05, 0) is 18.6 Å². The second-order valence-electron chi connectivity index (χ2n) is 5.13. The number of thioether (sulfide) groups is 1. The summed E-state index contributed by atoms with van der Waals surface area (Å²) in [6, 6.07) is -0.648. The van der Waals surface area contributed by atoms with Crippen LogP contribution >= 0.6 is 11.8 Å². The van der Waals surface area contributed by atoms with Crippen LogP contribution in [0.5, 0.6) is 0 Å². The highest BCUT2D eigenvalue weighted by Crippen LogP contribution is 2.41. The van der Waals surface area contributed by atoms with Gasteiger partial charge in [-0.2, -0.15) is 0 Å². The molecule has 0 aromatic heterocycles. The Hall–Kier alpha value is -2.60. The van der Waals surface area contributed by atoms with Crippen molar-refractivity contribution in [3.8, 4) is 0 Å². The number of carbonyl (C=O) groups excluding carboxylic acids is 3. The van der Waals surface area contributed by atoms with Gasteiger partial charge in [-0.25, -0.2) is 4.79 Å². The van der Waals surface area contributed by atoms with Crippen LogP contribution in [-0.2, 0) is 9.59 Å². The van der Waals surface area contributed by atoms with E-state index in [-0.39, 0.29) is 5.57 Å². The minimum Gasteiger partial charge on any atom is -0.268 e. The highest BCUT2D eigenvalue weighted by Gasteiger charge is 2.40. The highest BCUT2D eigenvalue weighted by atomic mass is 32.2. The molecule has 2 aliphatic heterocycles. The predicted octanol–water partition coefficient (Wildman–Crippen LogP) is 4.19. The number of carbonyl (C=O) groups is 3. The first-order valence-corrected chi connectivity index (χ1v) is 9.05.